The number of hydrogen-bond acceptors (Lipinski definition) is 5. The molecule has 158 valence electrons. The summed E-state index contributed by atoms with van der Waals surface area (Å²) < 4.78 is 0. The summed E-state index contributed by atoms with van der Waals surface area (Å²) >= 11 is 1.50. The van der Waals surface area contributed by atoms with Crippen LogP contribution >= 0.6 is 11.3 Å². The van der Waals surface area contributed by atoms with Gasteiger partial charge in [-0.15, -0.1) is 11.3 Å². The van der Waals surface area contributed by atoms with E-state index >= 15 is 0 Å². The van der Waals surface area contributed by atoms with E-state index in [1.54, 1.807) is 0 Å². The van der Waals surface area contributed by atoms with E-state index in [1.807, 2.05) is 24.3 Å². The fourth-order valence-electron chi connectivity index (χ4n) is 3.71. The average molecular weight is 415 g/mol. The molecule has 1 aromatic carbocycles. The number of carbonyl (C=O) groups excluding carboxylic acids is 1. The standard InChI is InChI=1S/C23H34N4OS/c1-5-27(17(2)3)14-19-6-8-20(9-7-19)22(28)25-23-24-21(16-29-23)15-26-12-10-18(4)11-13-26/h6-9,16-18H,5,10-15H2,1-4H3,(H,24,25,28). The van der Waals surface area contributed by atoms with Gasteiger partial charge >= 0.3 is 0 Å². The molecule has 1 saturated heterocycles. The number of aromatic nitrogens is 1. The van der Waals surface area contributed by atoms with Gasteiger partial charge in [-0.05, 0) is 69.9 Å². The zero-order valence-corrected chi connectivity index (χ0v) is 19.0. The SMILES string of the molecule is CCN(Cc1ccc(C(=O)Nc2nc(CN3CCC(C)CC3)cs2)cc1)C(C)C. The van der Waals surface area contributed by atoms with Crippen molar-refractivity contribution in [3.63, 3.8) is 0 Å². The van der Waals surface area contributed by atoms with E-state index in [-0.39, 0.29) is 5.91 Å². The van der Waals surface area contributed by atoms with Crippen LogP contribution in [0.4, 0.5) is 5.13 Å². The van der Waals surface area contributed by atoms with Crippen molar-refractivity contribution in [3.8, 4) is 0 Å². The number of amides is 1. The Morgan fingerprint density at radius 3 is 2.59 bits per heavy atom. The number of carbonyl (C=O) groups is 1. The van der Waals surface area contributed by atoms with Crippen molar-refractivity contribution < 1.29 is 4.79 Å². The molecular formula is C23H34N4OS. The minimum Gasteiger partial charge on any atom is -0.298 e. The molecule has 1 fully saturated rings. The molecular weight excluding hydrogens is 380 g/mol. The molecule has 1 N–H and O–H groups in total. The van der Waals surface area contributed by atoms with Crippen LogP contribution in [0, 0.1) is 5.92 Å². The first kappa shape index (κ1) is 21.9. The molecule has 0 radical (unpaired) electrons. The summed E-state index contributed by atoms with van der Waals surface area (Å²) in [6, 6.07) is 8.41. The molecule has 5 nitrogen and oxygen atoms in total. The van der Waals surface area contributed by atoms with Gasteiger partial charge in [0.2, 0.25) is 0 Å². The van der Waals surface area contributed by atoms with E-state index in [4.69, 9.17) is 0 Å². The highest BCUT2D eigenvalue weighted by Crippen LogP contribution is 2.21. The van der Waals surface area contributed by atoms with Gasteiger partial charge in [0.05, 0.1) is 5.69 Å². The molecule has 0 spiro atoms. The van der Waals surface area contributed by atoms with Gasteiger partial charge in [0.15, 0.2) is 5.13 Å². The van der Waals surface area contributed by atoms with Crippen molar-refractivity contribution >= 4 is 22.4 Å². The maximum Gasteiger partial charge on any atom is 0.257 e. The second-order valence-corrected chi connectivity index (χ2v) is 9.27. The Morgan fingerprint density at radius 2 is 1.97 bits per heavy atom. The molecule has 1 aromatic heterocycles. The first-order valence-corrected chi connectivity index (χ1v) is 11.6. The van der Waals surface area contributed by atoms with Crippen LogP contribution in [0.1, 0.15) is 62.2 Å². The molecule has 2 heterocycles. The highest BCUT2D eigenvalue weighted by molar-refractivity contribution is 7.13. The van der Waals surface area contributed by atoms with Gasteiger partial charge < -0.3 is 0 Å². The van der Waals surface area contributed by atoms with E-state index in [9.17, 15) is 4.79 Å². The van der Waals surface area contributed by atoms with Gasteiger partial charge in [-0.1, -0.05) is 26.0 Å². The van der Waals surface area contributed by atoms with E-state index in [0.717, 1.165) is 44.3 Å². The van der Waals surface area contributed by atoms with Crippen molar-refractivity contribution in [2.45, 2.75) is 59.7 Å². The number of nitrogens with one attached hydrogen (secondary N) is 1. The van der Waals surface area contributed by atoms with Crippen molar-refractivity contribution in [1.82, 2.24) is 14.8 Å². The first-order chi connectivity index (χ1) is 13.9. The number of rotatable bonds is 8. The zero-order valence-electron chi connectivity index (χ0n) is 18.1. The zero-order chi connectivity index (χ0) is 20.8. The Morgan fingerprint density at radius 1 is 1.28 bits per heavy atom. The first-order valence-electron chi connectivity index (χ1n) is 10.8. The molecule has 0 unspecified atom stereocenters. The Hall–Kier alpha value is -1.76. The highest BCUT2D eigenvalue weighted by Gasteiger charge is 2.17. The van der Waals surface area contributed by atoms with Crippen LogP contribution in [0.3, 0.4) is 0 Å². The number of thiazole rings is 1. The third kappa shape index (κ3) is 6.36. The predicted molar refractivity (Wildman–Crippen MR) is 121 cm³/mol. The molecule has 0 saturated carbocycles. The minimum atomic E-state index is -0.0968. The van der Waals surface area contributed by atoms with Crippen molar-refractivity contribution in [2.24, 2.45) is 5.92 Å². The number of piperidine rings is 1. The van der Waals surface area contributed by atoms with E-state index in [1.165, 1.54) is 29.7 Å². The lowest BCUT2D eigenvalue weighted by atomic mass is 9.99. The third-order valence-corrected chi connectivity index (χ3v) is 6.58. The molecule has 1 amide bonds. The number of anilines is 1. The number of benzene rings is 1. The van der Waals surface area contributed by atoms with E-state index < -0.39 is 0 Å². The summed E-state index contributed by atoms with van der Waals surface area (Å²) in [4.78, 5) is 22.0. The molecule has 1 aliphatic heterocycles. The Balaban J connectivity index is 1.53. The van der Waals surface area contributed by atoms with Crippen LogP contribution in [-0.2, 0) is 13.1 Å². The average Bonchev–Trinajstić information content (AvgIpc) is 3.14. The highest BCUT2D eigenvalue weighted by atomic mass is 32.1. The summed E-state index contributed by atoms with van der Waals surface area (Å²) in [6.07, 6.45) is 2.52. The Kier molecular flexibility index (Phi) is 7.81. The fraction of sp³-hybridized carbons (Fsp3) is 0.565. The van der Waals surface area contributed by atoms with Crippen molar-refractivity contribution in [1.29, 1.82) is 0 Å². The third-order valence-electron chi connectivity index (χ3n) is 5.77. The van der Waals surface area contributed by atoms with Gasteiger partial charge in [-0.3, -0.25) is 19.9 Å². The number of hydrogen-bond donors (Lipinski definition) is 1. The van der Waals surface area contributed by atoms with Crippen LogP contribution in [0.5, 0.6) is 0 Å². The fourth-order valence-corrected chi connectivity index (χ4v) is 4.41. The topological polar surface area (TPSA) is 48.5 Å². The quantitative estimate of drug-likeness (QED) is 0.670. The van der Waals surface area contributed by atoms with Crippen molar-refractivity contribution in [2.75, 3.05) is 25.0 Å². The van der Waals surface area contributed by atoms with Gasteiger partial charge in [0, 0.05) is 30.1 Å². The molecule has 0 aliphatic carbocycles. The van der Waals surface area contributed by atoms with Crippen LogP contribution in [0.2, 0.25) is 0 Å². The maximum absolute atomic E-state index is 12.6. The second kappa shape index (κ2) is 10.3. The maximum atomic E-state index is 12.6. The molecule has 3 rings (SSSR count). The summed E-state index contributed by atoms with van der Waals surface area (Å²) in [5, 5.41) is 5.69. The lowest BCUT2D eigenvalue weighted by Crippen LogP contribution is -2.32. The monoisotopic (exact) mass is 414 g/mol. The summed E-state index contributed by atoms with van der Waals surface area (Å²) in [5.41, 5.74) is 2.94. The molecule has 1 aliphatic rings. The van der Waals surface area contributed by atoms with Gasteiger partial charge in [0.25, 0.3) is 5.91 Å². The summed E-state index contributed by atoms with van der Waals surface area (Å²) in [6.45, 7) is 14.0. The van der Waals surface area contributed by atoms with Crippen LogP contribution < -0.4 is 5.32 Å². The van der Waals surface area contributed by atoms with Crippen LogP contribution in [-0.4, -0.2) is 46.4 Å². The lowest BCUT2D eigenvalue weighted by Gasteiger charge is -2.29. The summed E-state index contributed by atoms with van der Waals surface area (Å²) in [7, 11) is 0. The second-order valence-electron chi connectivity index (χ2n) is 8.41. The largest absolute Gasteiger partial charge is 0.298 e. The number of likely N-dealkylation sites (tertiary alicyclic amines) is 1. The smallest absolute Gasteiger partial charge is 0.257 e. The van der Waals surface area contributed by atoms with E-state index in [0.29, 0.717) is 16.7 Å². The lowest BCUT2D eigenvalue weighted by molar-refractivity contribution is 0.102. The van der Waals surface area contributed by atoms with Gasteiger partial charge in [0.1, 0.15) is 0 Å². The molecule has 6 heteroatoms. The normalized spacial score (nSPS) is 15.9. The summed E-state index contributed by atoms with van der Waals surface area (Å²) in [5.74, 6) is 0.735. The minimum absolute atomic E-state index is 0.0968. The van der Waals surface area contributed by atoms with Gasteiger partial charge in [-0.2, -0.15) is 0 Å². The molecule has 2 aromatic rings. The van der Waals surface area contributed by atoms with Gasteiger partial charge in [-0.25, -0.2) is 4.98 Å². The molecule has 0 atom stereocenters. The molecule has 29 heavy (non-hydrogen) atoms. The van der Waals surface area contributed by atoms with Crippen LogP contribution in [0.25, 0.3) is 0 Å². The Bertz CT molecular complexity index is 778. The Labute approximate surface area is 179 Å². The van der Waals surface area contributed by atoms with Crippen molar-refractivity contribution in [3.05, 3.63) is 46.5 Å². The van der Waals surface area contributed by atoms with Crippen LogP contribution in [0.15, 0.2) is 29.6 Å². The van der Waals surface area contributed by atoms with E-state index in [2.05, 4.69) is 53.2 Å². The number of nitrogens with zero attached hydrogens (tertiary/aromatic N) is 3. The predicted octanol–water partition coefficient (Wildman–Crippen LogP) is 4.86. The molecule has 0 bridgehead atoms.